The first-order valence-corrected chi connectivity index (χ1v) is 7.33. The Morgan fingerprint density at radius 2 is 2.06 bits per heavy atom. The lowest BCUT2D eigenvalue weighted by Crippen LogP contribution is -2.00. The van der Waals surface area contributed by atoms with Gasteiger partial charge in [-0.25, -0.2) is 13.2 Å². The van der Waals surface area contributed by atoms with Gasteiger partial charge in [0.15, 0.2) is 9.84 Å². The van der Waals surface area contributed by atoms with Crippen molar-refractivity contribution in [3.63, 3.8) is 0 Å². The summed E-state index contributed by atoms with van der Waals surface area (Å²) in [4.78, 5) is 10.9. The summed E-state index contributed by atoms with van der Waals surface area (Å²) >= 11 is 0. The van der Waals surface area contributed by atoms with E-state index in [-0.39, 0.29) is 11.3 Å². The molecular formula is C12H13NO4S. The van der Waals surface area contributed by atoms with Crippen LogP contribution in [0.5, 0.6) is 0 Å². The average molecular weight is 267 g/mol. The molecule has 0 aliphatic rings. The van der Waals surface area contributed by atoms with Gasteiger partial charge in [0.05, 0.1) is 11.3 Å². The molecular weight excluding hydrogens is 254 g/mol. The number of aromatic carboxylic acids is 1. The number of nitrogens with zero attached hydrogens (tertiary/aromatic N) is 1. The molecule has 0 saturated heterocycles. The van der Waals surface area contributed by atoms with Gasteiger partial charge in [-0.3, -0.25) is 0 Å². The first-order chi connectivity index (χ1) is 8.28. The fraction of sp³-hybridized carbons (Fsp3) is 0.250. The SMILES string of the molecule is Cn1cc(CS(C)(=O)=O)c2cc(C(=O)O)ccc21. The first-order valence-electron chi connectivity index (χ1n) is 5.27. The van der Waals surface area contributed by atoms with Crippen LogP contribution in [0.3, 0.4) is 0 Å². The highest BCUT2D eigenvalue weighted by Crippen LogP contribution is 2.23. The molecule has 0 amide bonds. The van der Waals surface area contributed by atoms with E-state index in [1.807, 2.05) is 0 Å². The quantitative estimate of drug-likeness (QED) is 0.912. The zero-order valence-electron chi connectivity index (χ0n) is 10.0. The van der Waals surface area contributed by atoms with E-state index in [0.29, 0.717) is 10.9 Å². The van der Waals surface area contributed by atoms with Crippen LogP contribution in [0, 0.1) is 0 Å². The minimum Gasteiger partial charge on any atom is -0.478 e. The van der Waals surface area contributed by atoms with E-state index in [4.69, 9.17) is 5.11 Å². The third kappa shape index (κ3) is 2.38. The van der Waals surface area contributed by atoms with Crippen molar-refractivity contribution in [3.8, 4) is 0 Å². The predicted octanol–water partition coefficient (Wildman–Crippen LogP) is 1.42. The van der Waals surface area contributed by atoms with Gasteiger partial charge >= 0.3 is 5.97 Å². The molecule has 0 bridgehead atoms. The highest BCUT2D eigenvalue weighted by atomic mass is 32.2. The number of fused-ring (bicyclic) bond motifs is 1. The second-order valence-electron chi connectivity index (χ2n) is 4.37. The number of rotatable bonds is 3. The topological polar surface area (TPSA) is 76.4 Å². The van der Waals surface area contributed by atoms with Crippen LogP contribution in [0.25, 0.3) is 10.9 Å². The zero-order chi connectivity index (χ0) is 13.5. The van der Waals surface area contributed by atoms with Crippen LogP contribution < -0.4 is 0 Å². The van der Waals surface area contributed by atoms with Gasteiger partial charge in [-0.1, -0.05) is 0 Å². The van der Waals surface area contributed by atoms with Crippen molar-refractivity contribution >= 4 is 26.7 Å². The highest BCUT2D eigenvalue weighted by Gasteiger charge is 2.13. The largest absolute Gasteiger partial charge is 0.478 e. The lowest BCUT2D eigenvalue weighted by atomic mass is 10.1. The second-order valence-corrected chi connectivity index (χ2v) is 6.51. The van der Waals surface area contributed by atoms with Gasteiger partial charge in [0.1, 0.15) is 0 Å². The molecule has 0 unspecified atom stereocenters. The number of carboxylic acid groups (broad SMARTS) is 1. The first kappa shape index (κ1) is 12.6. The molecule has 0 fully saturated rings. The molecule has 18 heavy (non-hydrogen) atoms. The number of aryl methyl sites for hydroxylation is 1. The third-order valence-electron chi connectivity index (χ3n) is 2.74. The molecule has 0 radical (unpaired) electrons. The summed E-state index contributed by atoms with van der Waals surface area (Å²) in [7, 11) is -1.35. The molecule has 1 aromatic heterocycles. The van der Waals surface area contributed by atoms with Crippen LogP contribution in [0.4, 0.5) is 0 Å². The summed E-state index contributed by atoms with van der Waals surface area (Å²) in [6.07, 6.45) is 2.88. The second kappa shape index (κ2) is 4.13. The van der Waals surface area contributed by atoms with Gasteiger partial charge in [-0.2, -0.15) is 0 Å². The molecule has 96 valence electrons. The summed E-state index contributed by atoms with van der Waals surface area (Å²) < 4.78 is 24.5. The minimum atomic E-state index is -3.15. The van der Waals surface area contributed by atoms with E-state index >= 15 is 0 Å². The average Bonchev–Trinajstić information content (AvgIpc) is 2.53. The van der Waals surface area contributed by atoms with Gasteiger partial charge in [0, 0.05) is 30.4 Å². The highest BCUT2D eigenvalue weighted by molar-refractivity contribution is 7.89. The van der Waals surface area contributed by atoms with Gasteiger partial charge in [-0.15, -0.1) is 0 Å². The van der Waals surface area contributed by atoms with Gasteiger partial charge in [-0.05, 0) is 23.8 Å². The Kier molecular flexibility index (Phi) is 2.90. The van der Waals surface area contributed by atoms with Crippen LogP contribution in [-0.2, 0) is 22.6 Å². The third-order valence-corrected chi connectivity index (χ3v) is 3.57. The van der Waals surface area contributed by atoms with E-state index in [1.165, 1.54) is 12.1 Å². The van der Waals surface area contributed by atoms with Crippen LogP contribution in [-0.4, -0.2) is 30.3 Å². The standard InChI is InChI=1S/C12H13NO4S/c1-13-6-9(7-18(2,16)17)10-5-8(12(14)15)3-4-11(10)13/h3-6H,7H2,1-2H3,(H,14,15). The van der Waals surface area contributed by atoms with E-state index in [0.717, 1.165) is 11.8 Å². The molecule has 2 rings (SSSR count). The van der Waals surface area contributed by atoms with Crippen molar-refractivity contribution in [2.75, 3.05) is 6.26 Å². The van der Waals surface area contributed by atoms with Crippen LogP contribution in [0.1, 0.15) is 15.9 Å². The van der Waals surface area contributed by atoms with Crippen molar-refractivity contribution in [2.24, 2.45) is 7.05 Å². The van der Waals surface area contributed by atoms with E-state index in [2.05, 4.69) is 0 Å². The molecule has 0 atom stereocenters. The Morgan fingerprint density at radius 3 is 2.61 bits per heavy atom. The number of hydrogen-bond acceptors (Lipinski definition) is 3. The molecule has 0 aliphatic heterocycles. The molecule has 2 aromatic rings. The fourth-order valence-corrected chi connectivity index (χ4v) is 2.80. The molecule has 5 nitrogen and oxygen atoms in total. The van der Waals surface area contributed by atoms with Crippen LogP contribution in [0.15, 0.2) is 24.4 Å². The van der Waals surface area contributed by atoms with E-state index in [1.54, 1.807) is 23.9 Å². The Balaban J connectivity index is 2.67. The van der Waals surface area contributed by atoms with E-state index in [9.17, 15) is 13.2 Å². The van der Waals surface area contributed by atoms with Crippen molar-refractivity contribution < 1.29 is 18.3 Å². The Hall–Kier alpha value is -1.82. The van der Waals surface area contributed by atoms with Gasteiger partial charge in [0.25, 0.3) is 0 Å². The Bertz CT molecular complexity index is 728. The van der Waals surface area contributed by atoms with Crippen LogP contribution >= 0.6 is 0 Å². The maximum Gasteiger partial charge on any atom is 0.335 e. The molecule has 1 N–H and O–H groups in total. The molecule has 0 saturated carbocycles. The smallest absolute Gasteiger partial charge is 0.335 e. The minimum absolute atomic E-state index is 0.0899. The number of hydrogen-bond donors (Lipinski definition) is 1. The summed E-state index contributed by atoms with van der Waals surface area (Å²) in [5, 5.41) is 9.62. The van der Waals surface area contributed by atoms with Gasteiger partial charge in [0.2, 0.25) is 0 Å². The van der Waals surface area contributed by atoms with Crippen molar-refractivity contribution in [2.45, 2.75) is 5.75 Å². The fourth-order valence-electron chi connectivity index (χ4n) is 2.00. The number of benzene rings is 1. The maximum absolute atomic E-state index is 11.3. The monoisotopic (exact) mass is 267 g/mol. The van der Waals surface area contributed by atoms with Crippen molar-refractivity contribution in [3.05, 3.63) is 35.5 Å². The summed E-state index contributed by atoms with van der Waals surface area (Å²) in [6, 6.07) is 4.71. The normalized spacial score (nSPS) is 11.9. The number of aromatic nitrogens is 1. The molecule has 1 heterocycles. The summed E-state index contributed by atoms with van der Waals surface area (Å²) in [5.41, 5.74) is 1.60. The summed E-state index contributed by atoms with van der Waals surface area (Å²) in [6.45, 7) is 0. The lowest BCUT2D eigenvalue weighted by molar-refractivity contribution is 0.0697. The Morgan fingerprint density at radius 1 is 1.39 bits per heavy atom. The maximum atomic E-state index is 11.3. The number of carbonyl (C=O) groups is 1. The number of carboxylic acids is 1. The van der Waals surface area contributed by atoms with Crippen molar-refractivity contribution in [1.29, 1.82) is 0 Å². The molecule has 0 spiro atoms. The summed E-state index contributed by atoms with van der Waals surface area (Å²) in [5.74, 6) is -1.11. The van der Waals surface area contributed by atoms with Crippen LogP contribution in [0.2, 0.25) is 0 Å². The van der Waals surface area contributed by atoms with Gasteiger partial charge < -0.3 is 9.67 Å². The van der Waals surface area contributed by atoms with Crippen molar-refractivity contribution in [1.82, 2.24) is 4.57 Å². The lowest BCUT2D eigenvalue weighted by Gasteiger charge is -1.99. The zero-order valence-corrected chi connectivity index (χ0v) is 10.9. The molecule has 1 aromatic carbocycles. The van der Waals surface area contributed by atoms with E-state index < -0.39 is 15.8 Å². The molecule has 0 aliphatic carbocycles. The molecule has 6 heteroatoms. The number of sulfone groups is 1. The predicted molar refractivity (Wildman–Crippen MR) is 68.4 cm³/mol. The Labute approximate surface area is 105 Å².